The predicted octanol–water partition coefficient (Wildman–Crippen LogP) is 4.41. The van der Waals surface area contributed by atoms with Gasteiger partial charge in [0.1, 0.15) is 5.76 Å². The second kappa shape index (κ2) is 10.8. The Hall–Kier alpha value is -4.66. The number of benzene rings is 3. The fourth-order valence-electron chi connectivity index (χ4n) is 4.49. The van der Waals surface area contributed by atoms with Crippen LogP contribution in [0.1, 0.15) is 17.2 Å². The van der Waals surface area contributed by atoms with E-state index in [9.17, 15) is 14.7 Å². The van der Waals surface area contributed by atoms with Gasteiger partial charge in [0.05, 0.1) is 40.1 Å². The van der Waals surface area contributed by atoms with Crippen LogP contribution in [0.3, 0.4) is 0 Å². The molecule has 1 N–H and O–H groups in total. The van der Waals surface area contributed by atoms with Crippen molar-refractivity contribution in [3.8, 4) is 23.0 Å². The number of hydrogen-bond acceptors (Lipinski definition) is 8. The molecule has 4 rings (SSSR count). The zero-order valence-corrected chi connectivity index (χ0v) is 22.1. The number of carbonyl (C=O) groups is 2. The first-order valence-electron chi connectivity index (χ1n) is 11.8. The summed E-state index contributed by atoms with van der Waals surface area (Å²) in [7, 11) is 9.82. The summed E-state index contributed by atoms with van der Waals surface area (Å²) < 4.78 is 21.5. The highest BCUT2D eigenvalue weighted by Crippen LogP contribution is 2.45. The molecular weight excluding hydrogens is 488 g/mol. The predicted molar refractivity (Wildman–Crippen MR) is 145 cm³/mol. The molecule has 1 unspecified atom stereocenters. The molecule has 1 fully saturated rings. The lowest BCUT2D eigenvalue weighted by molar-refractivity contribution is -0.132. The van der Waals surface area contributed by atoms with Crippen LogP contribution in [-0.4, -0.2) is 59.3 Å². The zero-order valence-electron chi connectivity index (χ0n) is 22.1. The SMILES string of the molecule is COc1ccc(/C(O)=C2/C(=O)C(=O)N(c3ccc(N(C)C)cc3)C2c2ccc(OC)c(OC)c2)cc1OC. The average Bonchev–Trinajstić information content (AvgIpc) is 3.21. The molecule has 1 aliphatic heterocycles. The topological polar surface area (TPSA) is 97.8 Å². The van der Waals surface area contributed by atoms with Gasteiger partial charge in [0.2, 0.25) is 0 Å². The molecule has 9 heteroatoms. The van der Waals surface area contributed by atoms with E-state index in [0.29, 0.717) is 39.8 Å². The maximum Gasteiger partial charge on any atom is 0.300 e. The molecule has 198 valence electrons. The van der Waals surface area contributed by atoms with Crippen molar-refractivity contribution in [2.24, 2.45) is 0 Å². The van der Waals surface area contributed by atoms with Gasteiger partial charge in [-0.3, -0.25) is 14.5 Å². The normalized spacial score (nSPS) is 16.4. The molecule has 0 radical (unpaired) electrons. The number of Topliss-reactive ketones (excluding diaryl/α,β-unsaturated/α-hetero) is 1. The van der Waals surface area contributed by atoms with Crippen molar-refractivity contribution in [1.29, 1.82) is 0 Å². The van der Waals surface area contributed by atoms with E-state index in [4.69, 9.17) is 18.9 Å². The third-order valence-corrected chi connectivity index (χ3v) is 6.47. The second-order valence-corrected chi connectivity index (χ2v) is 8.76. The smallest absolute Gasteiger partial charge is 0.300 e. The molecule has 1 saturated heterocycles. The van der Waals surface area contributed by atoms with E-state index in [-0.39, 0.29) is 11.3 Å². The Kier molecular flexibility index (Phi) is 7.47. The average molecular weight is 519 g/mol. The first-order valence-corrected chi connectivity index (χ1v) is 11.8. The summed E-state index contributed by atoms with van der Waals surface area (Å²) in [6.45, 7) is 0. The number of ether oxygens (including phenoxy) is 4. The molecule has 0 aromatic heterocycles. The molecule has 0 bridgehead atoms. The number of methoxy groups -OCH3 is 4. The summed E-state index contributed by atoms with van der Waals surface area (Å²) in [5.74, 6) is -0.169. The summed E-state index contributed by atoms with van der Waals surface area (Å²) in [6.07, 6.45) is 0. The fraction of sp³-hybridized carbons (Fsp3) is 0.241. The highest BCUT2D eigenvalue weighted by Gasteiger charge is 2.47. The van der Waals surface area contributed by atoms with Gasteiger partial charge in [0.25, 0.3) is 11.7 Å². The Morgan fingerprint density at radius 3 is 1.87 bits per heavy atom. The molecule has 0 saturated carbocycles. The molecule has 0 spiro atoms. The van der Waals surface area contributed by atoms with Crippen LogP contribution in [-0.2, 0) is 9.59 Å². The van der Waals surface area contributed by atoms with Gasteiger partial charge >= 0.3 is 0 Å². The minimum Gasteiger partial charge on any atom is -0.507 e. The molecule has 9 nitrogen and oxygen atoms in total. The summed E-state index contributed by atoms with van der Waals surface area (Å²) in [6, 6.07) is 16.2. The van der Waals surface area contributed by atoms with Crippen LogP contribution in [0, 0.1) is 0 Å². The van der Waals surface area contributed by atoms with Crippen molar-refractivity contribution < 1.29 is 33.6 Å². The van der Waals surface area contributed by atoms with E-state index in [0.717, 1.165) is 5.69 Å². The van der Waals surface area contributed by atoms with Crippen molar-refractivity contribution in [1.82, 2.24) is 0 Å². The van der Waals surface area contributed by atoms with Crippen LogP contribution in [0.25, 0.3) is 5.76 Å². The van der Waals surface area contributed by atoms with Crippen LogP contribution >= 0.6 is 0 Å². The van der Waals surface area contributed by atoms with Gasteiger partial charge in [-0.15, -0.1) is 0 Å². The van der Waals surface area contributed by atoms with Gasteiger partial charge in [-0.2, -0.15) is 0 Å². The molecule has 38 heavy (non-hydrogen) atoms. The maximum absolute atomic E-state index is 13.5. The minimum absolute atomic E-state index is 0.0638. The van der Waals surface area contributed by atoms with Crippen molar-refractivity contribution in [2.75, 3.05) is 52.3 Å². The maximum atomic E-state index is 13.5. The lowest BCUT2D eigenvalue weighted by atomic mass is 9.94. The highest BCUT2D eigenvalue weighted by molar-refractivity contribution is 6.51. The number of nitrogens with zero attached hydrogens (tertiary/aromatic N) is 2. The minimum atomic E-state index is -0.937. The third-order valence-electron chi connectivity index (χ3n) is 6.47. The lowest BCUT2D eigenvalue weighted by Gasteiger charge is -2.26. The quantitative estimate of drug-likeness (QED) is 0.266. The molecule has 3 aromatic carbocycles. The van der Waals surface area contributed by atoms with E-state index in [1.807, 2.05) is 31.1 Å². The number of carbonyl (C=O) groups excluding carboxylic acids is 2. The van der Waals surface area contributed by atoms with Crippen LogP contribution in [0.5, 0.6) is 23.0 Å². The van der Waals surface area contributed by atoms with Gasteiger partial charge in [-0.1, -0.05) is 6.07 Å². The number of hydrogen-bond donors (Lipinski definition) is 1. The number of anilines is 2. The van der Waals surface area contributed by atoms with Crippen molar-refractivity contribution in [3.05, 3.63) is 77.4 Å². The fourth-order valence-corrected chi connectivity index (χ4v) is 4.49. The second-order valence-electron chi connectivity index (χ2n) is 8.76. The number of aliphatic hydroxyl groups excluding tert-OH is 1. The standard InChI is InChI=1S/C29H30N2O7/c1-30(2)19-9-11-20(12-10-19)31-26(17-7-13-21(35-3)23(15-17)37-5)25(28(33)29(31)34)27(32)18-8-14-22(36-4)24(16-18)38-6/h7-16,26,32H,1-6H3/b27-25-. The Bertz CT molecular complexity index is 1400. The molecule has 1 heterocycles. The summed E-state index contributed by atoms with van der Waals surface area (Å²) in [4.78, 5) is 30.3. The van der Waals surface area contributed by atoms with Crippen LogP contribution < -0.4 is 28.7 Å². The Morgan fingerprint density at radius 2 is 1.32 bits per heavy atom. The van der Waals surface area contributed by atoms with Crippen LogP contribution in [0.4, 0.5) is 11.4 Å². The Morgan fingerprint density at radius 1 is 0.763 bits per heavy atom. The molecule has 1 atom stereocenters. The summed E-state index contributed by atoms with van der Waals surface area (Å²) >= 11 is 0. The van der Waals surface area contributed by atoms with Crippen molar-refractivity contribution in [2.45, 2.75) is 6.04 Å². The van der Waals surface area contributed by atoms with E-state index in [2.05, 4.69) is 0 Å². The Balaban J connectivity index is 1.95. The summed E-state index contributed by atoms with van der Waals surface area (Å²) in [5.41, 5.74) is 2.22. The first kappa shape index (κ1) is 26.4. The number of ketones is 1. The van der Waals surface area contributed by atoms with Gasteiger partial charge in [-0.05, 0) is 60.2 Å². The molecule has 3 aromatic rings. The molecule has 1 amide bonds. The monoisotopic (exact) mass is 518 g/mol. The van der Waals surface area contributed by atoms with Crippen molar-refractivity contribution >= 4 is 28.8 Å². The number of rotatable bonds is 8. The highest BCUT2D eigenvalue weighted by atomic mass is 16.5. The van der Waals surface area contributed by atoms with Crippen LogP contribution in [0.2, 0.25) is 0 Å². The molecule has 1 aliphatic rings. The Labute approximate surface area is 221 Å². The van der Waals surface area contributed by atoms with Gasteiger partial charge in [0, 0.05) is 31.0 Å². The zero-order chi connectivity index (χ0) is 27.6. The third kappa shape index (κ3) is 4.58. The van der Waals surface area contributed by atoms with E-state index in [1.54, 1.807) is 48.5 Å². The first-order chi connectivity index (χ1) is 18.2. The van der Waals surface area contributed by atoms with Gasteiger partial charge in [0.15, 0.2) is 23.0 Å². The van der Waals surface area contributed by atoms with Gasteiger partial charge in [-0.25, -0.2) is 0 Å². The number of amides is 1. The van der Waals surface area contributed by atoms with Gasteiger partial charge < -0.3 is 29.0 Å². The summed E-state index contributed by atoms with van der Waals surface area (Å²) in [5, 5.41) is 11.5. The molecule has 0 aliphatic carbocycles. The van der Waals surface area contributed by atoms with E-state index < -0.39 is 17.7 Å². The van der Waals surface area contributed by atoms with E-state index in [1.165, 1.54) is 33.3 Å². The van der Waals surface area contributed by atoms with Crippen LogP contribution in [0.15, 0.2) is 66.2 Å². The lowest BCUT2D eigenvalue weighted by Crippen LogP contribution is -2.29. The largest absolute Gasteiger partial charge is 0.507 e. The number of aliphatic hydroxyl groups is 1. The van der Waals surface area contributed by atoms with E-state index >= 15 is 0 Å². The van der Waals surface area contributed by atoms with Crippen molar-refractivity contribution in [3.63, 3.8) is 0 Å². The molecular formula is C29H30N2O7.